The number of rotatable bonds is 4. The van der Waals surface area contributed by atoms with Crippen LogP contribution in [0.15, 0.2) is 42.6 Å². The van der Waals surface area contributed by atoms with Crippen molar-refractivity contribution in [3.8, 4) is 0 Å². The fourth-order valence-electron chi connectivity index (χ4n) is 1.39. The molecule has 1 rings (SSSR count). The number of hydrogen-bond donors (Lipinski definition) is 1. The van der Waals surface area contributed by atoms with E-state index in [0.29, 0.717) is 0 Å². The molecule has 3 nitrogen and oxygen atoms in total. The summed E-state index contributed by atoms with van der Waals surface area (Å²) < 4.78 is 0. The molecule has 0 aliphatic rings. The van der Waals surface area contributed by atoms with E-state index in [1.54, 1.807) is 12.3 Å². The minimum atomic E-state index is -0.233. The van der Waals surface area contributed by atoms with Crippen molar-refractivity contribution in [2.24, 2.45) is 0 Å². The van der Waals surface area contributed by atoms with Gasteiger partial charge in [0.05, 0.1) is 5.69 Å². The molecule has 18 heavy (non-hydrogen) atoms. The molecule has 1 aromatic rings. The standard InChI is InChI=1S/C15H18N2O/c1-6-15(18)17-14-7-8-16-12(5)13(14)9-11(4)10(2)3/h6-9H,1-2H2,3-5H3,(H,16,17,18)/b11-9+. The molecule has 0 unspecified atom stereocenters. The number of nitrogens with one attached hydrogen (secondary N) is 1. The highest BCUT2D eigenvalue weighted by Crippen LogP contribution is 2.22. The predicted octanol–water partition coefficient (Wildman–Crippen LogP) is 3.49. The van der Waals surface area contributed by atoms with Gasteiger partial charge in [0.2, 0.25) is 5.91 Å². The van der Waals surface area contributed by atoms with E-state index in [1.165, 1.54) is 6.08 Å². The van der Waals surface area contributed by atoms with Crippen molar-refractivity contribution in [1.82, 2.24) is 4.98 Å². The van der Waals surface area contributed by atoms with E-state index in [2.05, 4.69) is 23.5 Å². The molecule has 94 valence electrons. The molecule has 0 aliphatic heterocycles. The summed E-state index contributed by atoms with van der Waals surface area (Å²) >= 11 is 0. The zero-order chi connectivity index (χ0) is 13.7. The summed E-state index contributed by atoms with van der Waals surface area (Å²) in [6.45, 7) is 13.2. The predicted molar refractivity (Wildman–Crippen MR) is 76.3 cm³/mol. The Morgan fingerprint density at radius 2 is 2.11 bits per heavy atom. The maximum Gasteiger partial charge on any atom is 0.247 e. The number of allylic oxidation sites excluding steroid dienone is 2. The SMILES string of the molecule is C=CC(=O)Nc1ccnc(C)c1/C=C(\C)C(=C)C. The molecule has 0 aliphatic carbocycles. The summed E-state index contributed by atoms with van der Waals surface area (Å²) in [4.78, 5) is 15.6. The highest BCUT2D eigenvalue weighted by molar-refractivity contribution is 6.00. The van der Waals surface area contributed by atoms with E-state index in [1.807, 2.05) is 26.8 Å². The van der Waals surface area contributed by atoms with Crippen molar-refractivity contribution in [2.75, 3.05) is 5.32 Å². The Labute approximate surface area is 108 Å². The summed E-state index contributed by atoms with van der Waals surface area (Å²) in [7, 11) is 0. The minimum Gasteiger partial charge on any atom is -0.322 e. The van der Waals surface area contributed by atoms with E-state index in [0.717, 1.165) is 28.1 Å². The van der Waals surface area contributed by atoms with Crippen LogP contribution in [-0.4, -0.2) is 10.9 Å². The number of nitrogens with zero attached hydrogens (tertiary/aromatic N) is 1. The lowest BCUT2D eigenvalue weighted by Crippen LogP contribution is -2.09. The highest BCUT2D eigenvalue weighted by atomic mass is 16.1. The summed E-state index contributed by atoms with van der Waals surface area (Å²) in [6.07, 6.45) is 4.89. The van der Waals surface area contributed by atoms with E-state index in [4.69, 9.17) is 0 Å². The molecule has 0 fully saturated rings. The van der Waals surface area contributed by atoms with Crippen LogP contribution in [0.4, 0.5) is 5.69 Å². The van der Waals surface area contributed by atoms with Gasteiger partial charge in [-0.2, -0.15) is 0 Å². The smallest absolute Gasteiger partial charge is 0.247 e. The molecule has 0 bridgehead atoms. The van der Waals surface area contributed by atoms with Crippen LogP contribution in [0.25, 0.3) is 6.08 Å². The molecule has 0 aromatic carbocycles. The molecular weight excluding hydrogens is 224 g/mol. The maximum absolute atomic E-state index is 11.4. The zero-order valence-electron chi connectivity index (χ0n) is 11.1. The van der Waals surface area contributed by atoms with Crippen LogP contribution in [-0.2, 0) is 4.79 Å². The normalized spacial score (nSPS) is 10.9. The van der Waals surface area contributed by atoms with Gasteiger partial charge in [-0.05, 0) is 44.6 Å². The van der Waals surface area contributed by atoms with Crippen molar-refractivity contribution in [3.05, 3.63) is 53.9 Å². The first-order valence-corrected chi connectivity index (χ1v) is 5.69. The van der Waals surface area contributed by atoms with E-state index < -0.39 is 0 Å². The Morgan fingerprint density at radius 3 is 2.67 bits per heavy atom. The van der Waals surface area contributed by atoms with Crippen molar-refractivity contribution in [1.29, 1.82) is 0 Å². The van der Waals surface area contributed by atoms with E-state index >= 15 is 0 Å². The maximum atomic E-state index is 11.4. The quantitative estimate of drug-likeness (QED) is 0.648. The molecule has 0 radical (unpaired) electrons. The molecule has 0 spiro atoms. The van der Waals surface area contributed by atoms with Gasteiger partial charge >= 0.3 is 0 Å². The first-order chi connectivity index (χ1) is 8.45. The number of amides is 1. The van der Waals surface area contributed by atoms with Crippen LogP contribution in [0, 0.1) is 6.92 Å². The molecule has 1 heterocycles. The minimum absolute atomic E-state index is 0.233. The Kier molecular flexibility index (Phi) is 4.60. The van der Waals surface area contributed by atoms with E-state index in [-0.39, 0.29) is 5.91 Å². The van der Waals surface area contributed by atoms with Crippen molar-refractivity contribution >= 4 is 17.7 Å². The molecule has 1 N–H and O–H groups in total. The van der Waals surface area contributed by atoms with Gasteiger partial charge in [0.15, 0.2) is 0 Å². The van der Waals surface area contributed by atoms with Crippen LogP contribution in [0.3, 0.4) is 0 Å². The van der Waals surface area contributed by atoms with Crippen LogP contribution < -0.4 is 5.32 Å². The third-order valence-corrected chi connectivity index (χ3v) is 2.67. The largest absolute Gasteiger partial charge is 0.322 e. The summed E-state index contributed by atoms with van der Waals surface area (Å²) in [6, 6.07) is 1.77. The Bertz CT molecular complexity index is 527. The van der Waals surface area contributed by atoms with Gasteiger partial charge in [0.25, 0.3) is 0 Å². The van der Waals surface area contributed by atoms with Gasteiger partial charge in [-0.15, -0.1) is 0 Å². The average Bonchev–Trinajstić information content (AvgIpc) is 2.32. The number of hydrogen-bond acceptors (Lipinski definition) is 2. The number of aryl methyl sites for hydroxylation is 1. The Morgan fingerprint density at radius 1 is 1.44 bits per heavy atom. The molecule has 0 atom stereocenters. The van der Waals surface area contributed by atoms with Crippen LogP contribution in [0.1, 0.15) is 25.1 Å². The third-order valence-electron chi connectivity index (χ3n) is 2.67. The van der Waals surface area contributed by atoms with Crippen LogP contribution >= 0.6 is 0 Å². The lowest BCUT2D eigenvalue weighted by Gasteiger charge is -2.10. The molecule has 0 saturated carbocycles. The van der Waals surface area contributed by atoms with Gasteiger partial charge in [0.1, 0.15) is 0 Å². The van der Waals surface area contributed by atoms with Gasteiger partial charge in [-0.1, -0.05) is 18.7 Å². The fourth-order valence-corrected chi connectivity index (χ4v) is 1.39. The Hall–Kier alpha value is -2.16. The Balaban J connectivity index is 3.24. The average molecular weight is 242 g/mol. The number of pyridine rings is 1. The number of anilines is 1. The van der Waals surface area contributed by atoms with Crippen molar-refractivity contribution in [2.45, 2.75) is 20.8 Å². The fraction of sp³-hybridized carbons (Fsp3) is 0.200. The lowest BCUT2D eigenvalue weighted by molar-refractivity contribution is -0.111. The first-order valence-electron chi connectivity index (χ1n) is 5.69. The number of aromatic nitrogens is 1. The highest BCUT2D eigenvalue weighted by Gasteiger charge is 2.06. The third kappa shape index (κ3) is 3.42. The summed E-state index contributed by atoms with van der Waals surface area (Å²) in [5, 5.41) is 2.77. The molecular formula is C15H18N2O. The second kappa shape index (κ2) is 5.96. The molecule has 0 saturated heterocycles. The van der Waals surface area contributed by atoms with Crippen molar-refractivity contribution < 1.29 is 4.79 Å². The second-order valence-electron chi connectivity index (χ2n) is 4.16. The second-order valence-corrected chi connectivity index (χ2v) is 4.16. The van der Waals surface area contributed by atoms with Crippen LogP contribution in [0.5, 0.6) is 0 Å². The topological polar surface area (TPSA) is 42.0 Å². The van der Waals surface area contributed by atoms with Gasteiger partial charge in [-0.25, -0.2) is 0 Å². The number of carbonyl (C=O) groups is 1. The zero-order valence-corrected chi connectivity index (χ0v) is 11.1. The molecule has 1 aromatic heterocycles. The lowest BCUT2D eigenvalue weighted by atomic mass is 10.0. The van der Waals surface area contributed by atoms with Crippen LogP contribution in [0.2, 0.25) is 0 Å². The van der Waals surface area contributed by atoms with Gasteiger partial charge in [-0.3, -0.25) is 9.78 Å². The summed E-state index contributed by atoms with van der Waals surface area (Å²) in [5.74, 6) is -0.233. The number of carbonyl (C=O) groups excluding carboxylic acids is 1. The van der Waals surface area contributed by atoms with Gasteiger partial charge in [0, 0.05) is 17.5 Å². The molecule has 3 heteroatoms. The van der Waals surface area contributed by atoms with E-state index in [9.17, 15) is 4.79 Å². The van der Waals surface area contributed by atoms with Gasteiger partial charge < -0.3 is 5.32 Å². The van der Waals surface area contributed by atoms with Crippen molar-refractivity contribution in [3.63, 3.8) is 0 Å². The summed E-state index contributed by atoms with van der Waals surface area (Å²) in [5.41, 5.74) is 4.53. The molecule has 1 amide bonds. The monoisotopic (exact) mass is 242 g/mol. The first kappa shape index (κ1) is 13.9.